The molecule has 0 heterocycles. The smallest absolute Gasteiger partial charge is 0.333 e. The number of amides is 1. The predicted molar refractivity (Wildman–Crippen MR) is 93.4 cm³/mol. The quantitative estimate of drug-likeness (QED) is 0.828. The van der Waals surface area contributed by atoms with Gasteiger partial charge >= 0.3 is 5.97 Å². The van der Waals surface area contributed by atoms with Crippen molar-refractivity contribution in [2.75, 3.05) is 7.11 Å². The van der Waals surface area contributed by atoms with Crippen molar-refractivity contribution >= 4 is 11.9 Å². The normalized spacial score (nSPS) is 12.3. The van der Waals surface area contributed by atoms with Gasteiger partial charge in [-0.05, 0) is 16.5 Å². The van der Waals surface area contributed by atoms with Crippen LogP contribution in [0.1, 0.15) is 37.4 Å². The summed E-state index contributed by atoms with van der Waals surface area (Å²) in [5.74, 6) is -0.671. The van der Waals surface area contributed by atoms with Gasteiger partial charge in [0.25, 0.3) is 0 Å². The van der Waals surface area contributed by atoms with Crippen molar-refractivity contribution in [3.05, 3.63) is 71.8 Å². The first-order valence-electron chi connectivity index (χ1n) is 7.92. The minimum atomic E-state index is -0.796. The summed E-state index contributed by atoms with van der Waals surface area (Å²) in [6, 6.07) is 18.2. The first kappa shape index (κ1) is 17.7. The summed E-state index contributed by atoms with van der Waals surface area (Å²) in [5.41, 5.74) is 1.45. The number of hydrogen-bond donors (Lipinski definition) is 1. The van der Waals surface area contributed by atoms with E-state index in [1.807, 2.05) is 62.4 Å². The molecule has 1 atom stereocenters. The fourth-order valence-electron chi connectivity index (χ4n) is 2.65. The molecule has 2 aromatic carbocycles. The van der Waals surface area contributed by atoms with Crippen LogP contribution in [-0.4, -0.2) is 19.0 Å². The molecule has 126 valence electrons. The van der Waals surface area contributed by atoms with Crippen LogP contribution in [0.4, 0.5) is 0 Å². The lowest BCUT2D eigenvalue weighted by molar-refractivity contribution is -0.145. The number of rotatable bonds is 6. The van der Waals surface area contributed by atoms with Gasteiger partial charge in [0.05, 0.1) is 7.11 Å². The number of esters is 1. The van der Waals surface area contributed by atoms with Gasteiger partial charge in [-0.15, -0.1) is 0 Å². The Labute approximate surface area is 142 Å². The standard InChI is InChI=1S/C20H23NO3/c1-20(2,16-12-8-5-9-13-16)14-17(22)21-18(19(23)24-3)15-10-6-4-7-11-15/h4-13,18H,14H2,1-3H3,(H,21,22). The summed E-state index contributed by atoms with van der Waals surface area (Å²) < 4.78 is 4.83. The van der Waals surface area contributed by atoms with Crippen molar-refractivity contribution in [3.63, 3.8) is 0 Å². The van der Waals surface area contributed by atoms with Crippen LogP contribution in [0.2, 0.25) is 0 Å². The Morgan fingerprint density at radius 2 is 1.54 bits per heavy atom. The molecule has 4 heteroatoms. The molecule has 1 unspecified atom stereocenters. The molecule has 0 bridgehead atoms. The second kappa shape index (κ2) is 7.77. The highest BCUT2D eigenvalue weighted by Gasteiger charge is 2.28. The molecule has 0 aromatic heterocycles. The monoisotopic (exact) mass is 325 g/mol. The van der Waals surface area contributed by atoms with Gasteiger partial charge in [-0.3, -0.25) is 4.79 Å². The van der Waals surface area contributed by atoms with E-state index in [0.717, 1.165) is 5.56 Å². The molecule has 4 nitrogen and oxygen atoms in total. The predicted octanol–water partition coefficient (Wildman–Crippen LogP) is 3.38. The van der Waals surface area contributed by atoms with Crippen molar-refractivity contribution in [1.29, 1.82) is 0 Å². The van der Waals surface area contributed by atoms with E-state index in [-0.39, 0.29) is 17.7 Å². The van der Waals surface area contributed by atoms with E-state index in [4.69, 9.17) is 4.74 Å². The summed E-state index contributed by atoms with van der Waals surface area (Å²) in [4.78, 5) is 24.6. The third kappa shape index (κ3) is 4.44. The Kier molecular flexibility index (Phi) is 5.74. The van der Waals surface area contributed by atoms with Gasteiger partial charge in [0.15, 0.2) is 6.04 Å². The van der Waals surface area contributed by atoms with Gasteiger partial charge in [0.2, 0.25) is 5.91 Å². The average Bonchev–Trinajstić information content (AvgIpc) is 2.60. The van der Waals surface area contributed by atoms with Gasteiger partial charge in [-0.1, -0.05) is 74.5 Å². The molecular formula is C20H23NO3. The SMILES string of the molecule is COC(=O)C(NC(=O)CC(C)(C)c1ccccc1)c1ccccc1. The summed E-state index contributed by atoms with van der Waals surface area (Å²) in [7, 11) is 1.32. The van der Waals surface area contributed by atoms with Crippen LogP contribution in [0, 0.1) is 0 Å². The molecule has 1 N–H and O–H groups in total. The van der Waals surface area contributed by atoms with Crippen LogP contribution in [0.3, 0.4) is 0 Å². The Balaban J connectivity index is 2.12. The van der Waals surface area contributed by atoms with Crippen molar-refractivity contribution in [3.8, 4) is 0 Å². The zero-order valence-electron chi connectivity index (χ0n) is 14.3. The lowest BCUT2D eigenvalue weighted by Crippen LogP contribution is -2.37. The maximum atomic E-state index is 12.5. The number of hydrogen-bond acceptors (Lipinski definition) is 3. The molecule has 2 aromatic rings. The van der Waals surface area contributed by atoms with Crippen LogP contribution in [0.5, 0.6) is 0 Å². The van der Waals surface area contributed by atoms with Gasteiger partial charge in [0.1, 0.15) is 0 Å². The van der Waals surface area contributed by atoms with Crippen LogP contribution in [-0.2, 0) is 19.7 Å². The molecule has 1 amide bonds. The molecule has 0 aliphatic rings. The second-order valence-electron chi connectivity index (χ2n) is 6.36. The molecule has 0 fully saturated rings. The maximum Gasteiger partial charge on any atom is 0.333 e. The fraction of sp³-hybridized carbons (Fsp3) is 0.300. The van der Waals surface area contributed by atoms with Crippen LogP contribution in [0.25, 0.3) is 0 Å². The van der Waals surface area contributed by atoms with Crippen molar-refractivity contribution < 1.29 is 14.3 Å². The van der Waals surface area contributed by atoms with Gasteiger partial charge in [-0.2, -0.15) is 0 Å². The summed E-state index contributed by atoms with van der Waals surface area (Å²) in [6.45, 7) is 4.02. The average molecular weight is 325 g/mol. The maximum absolute atomic E-state index is 12.5. The summed E-state index contributed by atoms with van der Waals surface area (Å²) >= 11 is 0. The van der Waals surface area contributed by atoms with E-state index in [9.17, 15) is 9.59 Å². The highest BCUT2D eigenvalue weighted by Crippen LogP contribution is 2.27. The van der Waals surface area contributed by atoms with Gasteiger partial charge < -0.3 is 10.1 Å². The minimum Gasteiger partial charge on any atom is -0.467 e. The number of nitrogens with one attached hydrogen (secondary N) is 1. The van der Waals surface area contributed by atoms with E-state index >= 15 is 0 Å². The second-order valence-corrected chi connectivity index (χ2v) is 6.36. The molecule has 0 aliphatic heterocycles. The molecule has 24 heavy (non-hydrogen) atoms. The van der Waals surface area contributed by atoms with E-state index in [1.54, 1.807) is 12.1 Å². The lowest BCUT2D eigenvalue weighted by Gasteiger charge is -2.26. The Morgan fingerprint density at radius 3 is 2.08 bits per heavy atom. The molecule has 0 saturated heterocycles. The van der Waals surface area contributed by atoms with E-state index in [1.165, 1.54) is 7.11 Å². The first-order valence-corrected chi connectivity index (χ1v) is 7.92. The van der Waals surface area contributed by atoms with Crippen molar-refractivity contribution in [2.24, 2.45) is 0 Å². The fourth-order valence-corrected chi connectivity index (χ4v) is 2.65. The molecule has 0 spiro atoms. The molecule has 0 aliphatic carbocycles. The van der Waals surface area contributed by atoms with Gasteiger partial charge in [-0.25, -0.2) is 4.79 Å². The molecule has 0 radical (unpaired) electrons. The molecular weight excluding hydrogens is 302 g/mol. The zero-order chi connectivity index (χ0) is 17.6. The zero-order valence-corrected chi connectivity index (χ0v) is 14.3. The number of carbonyl (C=O) groups is 2. The minimum absolute atomic E-state index is 0.192. The van der Waals surface area contributed by atoms with Crippen molar-refractivity contribution in [2.45, 2.75) is 31.7 Å². The Hall–Kier alpha value is -2.62. The first-order chi connectivity index (χ1) is 11.4. The number of carbonyl (C=O) groups excluding carboxylic acids is 2. The van der Waals surface area contributed by atoms with Gasteiger partial charge in [0, 0.05) is 6.42 Å². The van der Waals surface area contributed by atoms with Crippen molar-refractivity contribution in [1.82, 2.24) is 5.32 Å². The van der Waals surface area contributed by atoms with Crippen LogP contribution in [0.15, 0.2) is 60.7 Å². The molecule has 0 saturated carbocycles. The van der Waals surface area contributed by atoms with E-state index < -0.39 is 12.0 Å². The Bertz CT molecular complexity index is 681. The number of ether oxygens (including phenoxy) is 1. The highest BCUT2D eigenvalue weighted by atomic mass is 16.5. The highest BCUT2D eigenvalue weighted by molar-refractivity contribution is 5.86. The summed E-state index contributed by atoms with van der Waals surface area (Å²) in [5, 5.41) is 2.80. The van der Waals surface area contributed by atoms with Crippen LogP contribution >= 0.6 is 0 Å². The van der Waals surface area contributed by atoms with E-state index in [0.29, 0.717) is 5.56 Å². The third-order valence-electron chi connectivity index (χ3n) is 4.03. The Morgan fingerprint density at radius 1 is 1.00 bits per heavy atom. The number of methoxy groups -OCH3 is 1. The third-order valence-corrected chi connectivity index (χ3v) is 4.03. The van der Waals surface area contributed by atoms with E-state index in [2.05, 4.69) is 5.32 Å². The summed E-state index contributed by atoms with van der Waals surface area (Å²) in [6.07, 6.45) is 0.275. The largest absolute Gasteiger partial charge is 0.467 e. The number of benzene rings is 2. The lowest BCUT2D eigenvalue weighted by atomic mass is 9.81. The molecule has 2 rings (SSSR count). The van der Waals surface area contributed by atoms with Crippen LogP contribution < -0.4 is 5.32 Å². The topological polar surface area (TPSA) is 55.4 Å².